The zero-order valence-electron chi connectivity index (χ0n) is 12.5. The van der Waals surface area contributed by atoms with E-state index in [1.54, 1.807) is 0 Å². The standard InChI is InChI=1S/C15H28N2O2/c1-4-12-9-17(5-6-19-12)15(18)13-8-14(16)11(3)7-10(13)2/h10-14H,4-9,16H2,1-3H3. The highest BCUT2D eigenvalue weighted by molar-refractivity contribution is 5.79. The van der Waals surface area contributed by atoms with Gasteiger partial charge in [0.05, 0.1) is 12.7 Å². The molecule has 0 bridgehead atoms. The van der Waals surface area contributed by atoms with E-state index in [1.807, 2.05) is 4.90 Å². The molecule has 19 heavy (non-hydrogen) atoms. The number of carbonyl (C=O) groups excluding carboxylic acids is 1. The first kappa shape index (κ1) is 14.8. The van der Waals surface area contributed by atoms with Gasteiger partial charge in [-0.05, 0) is 31.1 Å². The minimum absolute atomic E-state index is 0.113. The molecule has 4 heteroatoms. The van der Waals surface area contributed by atoms with E-state index in [0.29, 0.717) is 24.3 Å². The molecule has 0 radical (unpaired) electrons. The van der Waals surface area contributed by atoms with Gasteiger partial charge < -0.3 is 15.4 Å². The molecule has 0 spiro atoms. The van der Waals surface area contributed by atoms with E-state index in [9.17, 15) is 4.79 Å². The smallest absolute Gasteiger partial charge is 0.226 e. The van der Waals surface area contributed by atoms with Crippen molar-refractivity contribution in [2.45, 2.75) is 52.2 Å². The zero-order chi connectivity index (χ0) is 14.0. The summed E-state index contributed by atoms with van der Waals surface area (Å²) in [4.78, 5) is 14.7. The van der Waals surface area contributed by atoms with Gasteiger partial charge >= 0.3 is 0 Å². The Morgan fingerprint density at radius 1 is 1.32 bits per heavy atom. The van der Waals surface area contributed by atoms with Gasteiger partial charge in [0, 0.05) is 25.0 Å². The van der Waals surface area contributed by atoms with Crippen LogP contribution in [0.25, 0.3) is 0 Å². The number of morpholine rings is 1. The third-order valence-corrected chi connectivity index (χ3v) is 4.91. The van der Waals surface area contributed by atoms with Crippen LogP contribution in [0, 0.1) is 17.8 Å². The topological polar surface area (TPSA) is 55.6 Å². The van der Waals surface area contributed by atoms with Gasteiger partial charge in [0.15, 0.2) is 0 Å². The minimum Gasteiger partial charge on any atom is -0.375 e. The number of hydrogen-bond donors (Lipinski definition) is 1. The molecule has 0 aromatic rings. The van der Waals surface area contributed by atoms with Gasteiger partial charge in [0.25, 0.3) is 0 Å². The van der Waals surface area contributed by atoms with Crippen LogP contribution >= 0.6 is 0 Å². The Kier molecular flexibility index (Phi) is 4.85. The third-order valence-electron chi connectivity index (χ3n) is 4.91. The average Bonchev–Trinajstić information content (AvgIpc) is 2.42. The van der Waals surface area contributed by atoms with E-state index >= 15 is 0 Å². The highest BCUT2D eigenvalue weighted by Gasteiger charge is 2.38. The van der Waals surface area contributed by atoms with Crippen LogP contribution in [0.5, 0.6) is 0 Å². The molecule has 2 rings (SSSR count). The van der Waals surface area contributed by atoms with Gasteiger partial charge in [-0.15, -0.1) is 0 Å². The maximum atomic E-state index is 12.7. The predicted octanol–water partition coefficient (Wildman–Crippen LogP) is 1.63. The van der Waals surface area contributed by atoms with Gasteiger partial charge in [-0.1, -0.05) is 20.8 Å². The molecule has 110 valence electrons. The first-order valence-corrected chi connectivity index (χ1v) is 7.68. The van der Waals surface area contributed by atoms with Gasteiger partial charge in [0.2, 0.25) is 5.91 Å². The number of nitrogens with two attached hydrogens (primary N) is 1. The van der Waals surface area contributed by atoms with E-state index in [0.717, 1.165) is 32.4 Å². The van der Waals surface area contributed by atoms with Crippen molar-refractivity contribution in [2.24, 2.45) is 23.5 Å². The number of carbonyl (C=O) groups is 1. The first-order valence-electron chi connectivity index (χ1n) is 7.68. The normalized spacial score (nSPS) is 40.2. The highest BCUT2D eigenvalue weighted by atomic mass is 16.5. The summed E-state index contributed by atoms with van der Waals surface area (Å²) in [5.74, 6) is 1.40. The summed E-state index contributed by atoms with van der Waals surface area (Å²) in [6.07, 6.45) is 3.10. The monoisotopic (exact) mass is 268 g/mol. The van der Waals surface area contributed by atoms with Gasteiger partial charge in [-0.25, -0.2) is 0 Å². The number of rotatable bonds is 2. The summed E-state index contributed by atoms with van der Waals surface area (Å²) >= 11 is 0. The lowest BCUT2D eigenvalue weighted by molar-refractivity contribution is -0.146. The lowest BCUT2D eigenvalue weighted by atomic mass is 9.72. The maximum Gasteiger partial charge on any atom is 0.226 e. The van der Waals surface area contributed by atoms with Gasteiger partial charge in [0.1, 0.15) is 0 Å². The minimum atomic E-state index is 0.113. The van der Waals surface area contributed by atoms with Gasteiger partial charge in [-0.3, -0.25) is 4.79 Å². The first-order chi connectivity index (χ1) is 9.02. The fourth-order valence-corrected chi connectivity index (χ4v) is 3.43. The molecular formula is C15H28N2O2. The average molecular weight is 268 g/mol. The molecule has 1 amide bonds. The predicted molar refractivity (Wildman–Crippen MR) is 75.6 cm³/mol. The Morgan fingerprint density at radius 2 is 2.05 bits per heavy atom. The molecule has 2 N–H and O–H groups in total. The molecular weight excluding hydrogens is 240 g/mol. The van der Waals surface area contributed by atoms with Crippen molar-refractivity contribution in [2.75, 3.05) is 19.7 Å². The van der Waals surface area contributed by atoms with Crippen molar-refractivity contribution in [3.8, 4) is 0 Å². The Labute approximate surface area is 116 Å². The second-order valence-electron chi connectivity index (χ2n) is 6.38. The molecule has 2 aliphatic rings. The van der Waals surface area contributed by atoms with Crippen molar-refractivity contribution in [1.29, 1.82) is 0 Å². The summed E-state index contributed by atoms with van der Waals surface area (Å²) in [7, 11) is 0. The molecule has 0 aromatic carbocycles. The molecule has 1 saturated heterocycles. The van der Waals surface area contributed by atoms with Crippen LogP contribution in [0.2, 0.25) is 0 Å². The van der Waals surface area contributed by atoms with E-state index in [-0.39, 0.29) is 18.1 Å². The second-order valence-corrected chi connectivity index (χ2v) is 6.38. The molecule has 4 nitrogen and oxygen atoms in total. The summed E-state index contributed by atoms with van der Waals surface area (Å²) in [6.45, 7) is 8.67. The lowest BCUT2D eigenvalue weighted by Crippen LogP contribution is -2.51. The summed E-state index contributed by atoms with van der Waals surface area (Å²) in [5, 5.41) is 0. The van der Waals surface area contributed by atoms with Crippen molar-refractivity contribution in [3.63, 3.8) is 0 Å². The van der Waals surface area contributed by atoms with E-state index in [2.05, 4.69) is 20.8 Å². The van der Waals surface area contributed by atoms with Gasteiger partial charge in [-0.2, -0.15) is 0 Å². The highest BCUT2D eigenvalue weighted by Crippen LogP contribution is 2.34. The summed E-state index contributed by atoms with van der Waals surface area (Å²) in [5.41, 5.74) is 6.16. The van der Waals surface area contributed by atoms with Crippen molar-refractivity contribution >= 4 is 5.91 Å². The van der Waals surface area contributed by atoms with Crippen LogP contribution in [0.3, 0.4) is 0 Å². The van der Waals surface area contributed by atoms with Crippen LogP contribution in [-0.2, 0) is 9.53 Å². The molecule has 1 saturated carbocycles. The molecule has 1 aliphatic carbocycles. The third kappa shape index (κ3) is 3.29. The molecule has 1 aliphatic heterocycles. The molecule has 5 atom stereocenters. The summed E-state index contributed by atoms with van der Waals surface area (Å²) in [6, 6.07) is 0.174. The number of nitrogens with zero attached hydrogens (tertiary/aromatic N) is 1. The van der Waals surface area contributed by atoms with Crippen LogP contribution in [0.1, 0.15) is 40.0 Å². The molecule has 2 fully saturated rings. The van der Waals surface area contributed by atoms with Crippen LogP contribution in [0.4, 0.5) is 0 Å². The van der Waals surface area contributed by atoms with Crippen molar-refractivity contribution < 1.29 is 9.53 Å². The second kappa shape index (κ2) is 6.23. The maximum absolute atomic E-state index is 12.7. The number of amides is 1. The molecule has 1 heterocycles. The molecule has 5 unspecified atom stereocenters. The Balaban J connectivity index is 1.98. The van der Waals surface area contributed by atoms with E-state index in [4.69, 9.17) is 10.5 Å². The Bertz CT molecular complexity index is 321. The fourth-order valence-electron chi connectivity index (χ4n) is 3.43. The Morgan fingerprint density at radius 3 is 2.74 bits per heavy atom. The lowest BCUT2D eigenvalue weighted by Gasteiger charge is -2.40. The van der Waals surface area contributed by atoms with Crippen molar-refractivity contribution in [3.05, 3.63) is 0 Å². The van der Waals surface area contributed by atoms with Crippen molar-refractivity contribution in [1.82, 2.24) is 4.90 Å². The van der Waals surface area contributed by atoms with Crippen LogP contribution in [0.15, 0.2) is 0 Å². The summed E-state index contributed by atoms with van der Waals surface area (Å²) < 4.78 is 5.64. The largest absolute Gasteiger partial charge is 0.375 e. The fraction of sp³-hybridized carbons (Fsp3) is 0.933. The van der Waals surface area contributed by atoms with Crippen LogP contribution < -0.4 is 5.73 Å². The number of hydrogen-bond acceptors (Lipinski definition) is 3. The number of ether oxygens (including phenoxy) is 1. The van der Waals surface area contributed by atoms with E-state index < -0.39 is 0 Å². The van der Waals surface area contributed by atoms with E-state index in [1.165, 1.54) is 0 Å². The SMILES string of the molecule is CCC1CN(C(=O)C2CC(N)C(C)CC2C)CCO1. The Hall–Kier alpha value is -0.610. The zero-order valence-corrected chi connectivity index (χ0v) is 12.5. The van der Waals surface area contributed by atoms with Crippen LogP contribution in [-0.4, -0.2) is 42.6 Å². The molecule has 0 aromatic heterocycles. The quantitative estimate of drug-likeness (QED) is 0.828.